The number of anilines is 2. The Labute approximate surface area is 144 Å². The van der Waals surface area contributed by atoms with E-state index < -0.39 is 10.0 Å². The van der Waals surface area contributed by atoms with Gasteiger partial charge in [-0.25, -0.2) is 8.42 Å². The van der Waals surface area contributed by atoms with E-state index in [2.05, 4.69) is 10.0 Å². The van der Waals surface area contributed by atoms with Crippen LogP contribution >= 0.6 is 23.2 Å². The fraction of sp³-hybridized carbons (Fsp3) is 0.133. The zero-order valence-corrected chi connectivity index (χ0v) is 14.7. The Bertz CT molecular complexity index is 847. The van der Waals surface area contributed by atoms with Gasteiger partial charge in [-0.3, -0.25) is 9.52 Å². The first kappa shape index (κ1) is 17.6. The lowest BCUT2D eigenvalue weighted by molar-refractivity contribution is 0.102. The smallest absolute Gasteiger partial charge is 0.255 e. The molecule has 0 radical (unpaired) electrons. The molecule has 0 bridgehead atoms. The molecule has 1 amide bonds. The van der Waals surface area contributed by atoms with Gasteiger partial charge in [0.15, 0.2) is 0 Å². The molecule has 0 heterocycles. The largest absolute Gasteiger partial charge is 0.322 e. The second kappa shape index (κ2) is 6.78. The number of sulfonamides is 1. The second-order valence-corrected chi connectivity index (χ2v) is 7.64. The first-order valence-electron chi connectivity index (χ1n) is 6.50. The van der Waals surface area contributed by atoms with Crippen molar-refractivity contribution in [2.24, 2.45) is 0 Å². The first-order chi connectivity index (χ1) is 10.6. The van der Waals surface area contributed by atoms with E-state index in [1.54, 1.807) is 31.2 Å². The Morgan fingerprint density at radius 2 is 1.65 bits per heavy atom. The fourth-order valence-electron chi connectivity index (χ4n) is 1.95. The van der Waals surface area contributed by atoms with Gasteiger partial charge in [-0.05, 0) is 48.9 Å². The number of halogens is 2. The molecule has 0 aliphatic heterocycles. The van der Waals surface area contributed by atoms with E-state index in [9.17, 15) is 13.2 Å². The van der Waals surface area contributed by atoms with E-state index >= 15 is 0 Å². The Kier molecular flexibility index (Phi) is 5.19. The highest BCUT2D eigenvalue weighted by Crippen LogP contribution is 2.23. The first-order valence-corrected chi connectivity index (χ1v) is 9.15. The number of benzene rings is 2. The minimum absolute atomic E-state index is 0.350. The van der Waals surface area contributed by atoms with Gasteiger partial charge in [0.05, 0.1) is 11.9 Å². The molecule has 5 nitrogen and oxygen atoms in total. The molecule has 8 heteroatoms. The lowest BCUT2D eigenvalue weighted by Crippen LogP contribution is -2.14. The molecule has 2 N–H and O–H groups in total. The maximum Gasteiger partial charge on any atom is 0.255 e. The van der Waals surface area contributed by atoms with Crippen LogP contribution in [0.4, 0.5) is 11.4 Å². The predicted octanol–water partition coefficient (Wildman–Crippen LogP) is 3.93. The van der Waals surface area contributed by atoms with Crippen LogP contribution in [0.2, 0.25) is 10.0 Å². The molecule has 2 aromatic carbocycles. The van der Waals surface area contributed by atoms with E-state index in [-0.39, 0.29) is 5.91 Å². The fourth-order valence-corrected chi connectivity index (χ4v) is 3.10. The van der Waals surface area contributed by atoms with Crippen molar-refractivity contribution in [1.82, 2.24) is 0 Å². The molecule has 0 atom stereocenters. The van der Waals surface area contributed by atoms with Crippen LogP contribution in [-0.4, -0.2) is 20.6 Å². The number of carbonyl (C=O) groups excluding carboxylic acids is 1. The molecule has 0 saturated heterocycles. The molecule has 0 saturated carbocycles. The Morgan fingerprint density at radius 1 is 1.04 bits per heavy atom. The minimum atomic E-state index is -3.37. The van der Waals surface area contributed by atoms with Crippen molar-refractivity contribution < 1.29 is 13.2 Å². The van der Waals surface area contributed by atoms with Gasteiger partial charge in [0.2, 0.25) is 10.0 Å². The van der Waals surface area contributed by atoms with Gasteiger partial charge in [-0.1, -0.05) is 23.2 Å². The molecule has 0 aliphatic carbocycles. The van der Waals surface area contributed by atoms with Crippen molar-refractivity contribution in [3.05, 3.63) is 57.6 Å². The maximum absolute atomic E-state index is 12.2. The number of rotatable bonds is 4. The summed E-state index contributed by atoms with van der Waals surface area (Å²) in [5, 5.41) is 3.52. The molecule has 23 heavy (non-hydrogen) atoms. The maximum atomic E-state index is 12.2. The standard InChI is InChI=1S/C15H14Cl2N2O3S/c1-9-5-10(3-4-14(9)19-23(2,21)22)15(20)18-13-7-11(16)6-12(17)8-13/h3-8,19H,1-2H3,(H,18,20). The molecule has 2 aromatic rings. The van der Waals surface area contributed by atoms with E-state index in [1.165, 1.54) is 12.1 Å². The average molecular weight is 373 g/mol. The molecule has 122 valence electrons. The van der Waals surface area contributed by atoms with Crippen molar-refractivity contribution in [1.29, 1.82) is 0 Å². The van der Waals surface area contributed by atoms with Gasteiger partial charge in [0, 0.05) is 21.3 Å². The number of hydrogen-bond donors (Lipinski definition) is 2. The highest BCUT2D eigenvalue weighted by molar-refractivity contribution is 7.92. The summed E-state index contributed by atoms with van der Waals surface area (Å²) in [6, 6.07) is 9.39. The Morgan fingerprint density at radius 3 is 2.17 bits per heavy atom. The minimum Gasteiger partial charge on any atom is -0.322 e. The molecule has 0 spiro atoms. The van der Waals surface area contributed by atoms with Crippen LogP contribution in [0.3, 0.4) is 0 Å². The number of nitrogens with one attached hydrogen (secondary N) is 2. The third-order valence-electron chi connectivity index (χ3n) is 2.90. The van der Waals surface area contributed by atoms with E-state index in [4.69, 9.17) is 23.2 Å². The van der Waals surface area contributed by atoms with Gasteiger partial charge in [0.1, 0.15) is 0 Å². The third kappa shape index (κ3) is 5.13. The summed E-state index contributed by atoms with van der Waals surface area (Å²) in [5.74, 6) is -0.350. The van der Waals surface area contributed by atoms with Gasteiger partial charge in [-0.15, -0.1) is 0 Å². The summed E-state index contributed by atoms with van der Waals surface area (Å²) in [7, 11) is -3.37. The van der Waals surface area contributed by atoms with E-state index in [0.717, 1.165) is 6.26 Å². The summed E-state index contributed by atoms with van der Waals surface area (Å²) >= 11 is 11.8. The van der Waals surface area contributed by atoms with Gasteiger partial charge in [-0.2, -0.15) is 0 Å². The molecule has 0 aromatic heterocycles. The highest BCUT2D eigenvalue weighted by atomic mass is 35.5. The van der Waals surface area contributed by atoms with Crippen LogP contribution in [0.25, 0.3) is 0 Å². The zero-order valence-electron chi connectivity index (χ0n) is 12.4. The summed E-state index contributed by atoms with van der Waals surface area (Å²) in [6.45, 7) is 1.71. The van der Waals surface area contributed by atoms with Crippen LogP contribution in [0.5, 0.6) is 0 Å². The van der Waals surface area contributed by atoms with Crippen LogP contribution in [0.15, 0.2) is 36.4 Å². The molecular formula is C15H14Cl2N2O3S. The average Bonchev–Trinajstić information content (AvgIpc) is 2.38. The van der Waals surface area contributed by atoms with Crippen LogP contribution in [0.1, 0.15) is 15.9 Å². The van der Waals surface area contributed by atoms with Crippen molar-refractivity contribution in [3.63, 3.8) is 0 Å². The number of hydrogen-bond acceptors (Lipinski definition) is 3. The van der Waals surface area contributed by atoms with Crippen LogP contribution < -0.4 is 10.0 Å². The van der Waals surface area contributed by atoms with Crippen molar-refractivity contribution >= 4 is 50.5 Å². The van der Waals surface area contributed by atoms with Crippen molar-refractivity contribution in [2.75, 3.05) is 16.3 Å². The molecular weight excluding hydrogens is 359 g/mol. The molecule has 0 aliphatic rings. The molecule has 0 unspecified atom stereocenters. The lowest BCUT2D eigenvalue weighted by atomic mass is 10.1. The number of carbonyl (C=O) groups is 1. The van der Waals surface area contributed by atoms with E-state index in [1.807, 2.05) is 0 Å². The topological polar surface area (TPSA) is 75.3 Å². The van der Waals surface area contributed by atoms with Crippen molar-refractivity contribution in [2.45, 2.75) is 6.92 Å². The van der Waals surface area contributed by atoms with Crippen LogP contribution in [-0.2, 0) is 10.0 Å². The Balaban J connectivity index is 2.21. The van der Waals surface area contributed by atoms with Gasteiger partial charge < -0.3 is 5.32 Å². The number of amides is 1. The van der Waals surface area contributed by atoms with Gasteiger partial charge >= 0.3 is 0 Å². The summed E-state index contributed by atoms with van der Waals surface area (Å²) < 4.78 is 24.9. The van der Waals surface area contributed by atoms with E-state index in [0.29, 0.717) is 32.5 Å². The normalized spacial score (nSPS) is 11.1. The lowest BCUT2D eigenvalue weighted by Gasteiger charge is -2.10. The molecule has 2 rings (SSSR count). The third-order valence-corrected chi connectivity index (χ3v) is 3.93. The number of aryl methyl sites for hydroxylation is 1. The Hall–Kier alpha value is -1.76. The zero-order chi connectivity index (χ0) is 17.2. The van der Waals surface area contributed by atoms with Crippen molar-refractivity contribution in [3.8, 4) is 0 Å². The predicted molar refractivity (Wildman–Crippen MR) is 94.1 cm³/mol. The monoisotopic (exact) mass is 372 g/mol. The highest BCUT2D eigenvalue weighted by Gasteiger charge is 2.11. The SMILES string of the molecule is Cc1cc(C(=O)Nc2cc(Cl)cc(Cl)c2)ccc1NS(C)(=O)=O. The summed E-state index contributed by atoms with van der Waals surface area (Å²) in [5.41, 5.74) is 1.92. The summed E-state index contributed by atoms with van der Waals surface area (Å²) in [4.78, 5) is 12.2. The second-order valence-electron chi connectivity index (χ2n) is 5.02. The van der Waals surface area contributed by atoms with Gasteiger partial charge in [0.25, 0.3) is 5.91 Å². The van der Waals surface area contributed by atoms with Crippen LogP contribution in [0, 0.1) is 6.92 Å². The molecule has 0 fully saturated rings. The quantitative estimate of drug-likeness (QED) is 0.853. The summed E-state index contributed by atoms with van der Waals surface area (Å²) in [6.07, 6.45) is 1.07.